The SMILES string of the molecule is CCOC(=O)c1nc2c(nc1OC)CCCC2. The average Bonchev–Trinajstić information content (AvgIpc) is 2.37. The second kappa shape index (κ2) is 5.12. The number of carbonyl (C=O) groups is 1. The van der Waals surface area contributed by atoms with Crippen molar-refractivity contribution >= 4 is 5.97 Å². The molecule has 0 N–H and O–H groups in total. The fourth-order valence-electron chi connectivity index (χ4n) is 1.95. The zero-order valence-corrected chi connectivity index (χ0v) is 10.2. The van der Waals surface area contributed by atoms with Gasteiger partial charge in [-0.1, -0.05) is 0 Å². The summed E-state index contributed by atoms with van der Waals surface area (Å²) in [6, 6.07) is 0. The number of hydrogen-bond acceptors (Lipinski definition) is 5. The first kappa shape index (κ1) is 11.8. The van der Waals surface area contributed by atoms with Gasteiger partial charge in [-0.3, -0.25) is 0 Å². The van der Waals surface area contributed by atoms with Gasteiger partial charge in [0, 0.05) is 0 Å². The van der Waals surface area contributed by atoms with Crippen molar-refractivity contribution in [2.24, 2.45) is 0 Å². The Balaban J connectivity index is 2.39. The van der Waals surface area contributed by atoms with Crippen molar-refractivity contribution in [2.75, 3.05) is 13.7 Å². The van der Waals surface area contributed by atoms with E-state index >= 15 is 0 Å². The molecule has 1 aromatic rings. The zero-order valence-electron chi connectivity index (χ0n) is 10.2. The molecule has 5 nitrogen and oxygen atoms in total. The summed E-state index contributed by atoms with van der Waals surface area (Å²) >= 11 is 0. The van der Waals surface area contributed by atoms with Gasteiger partial charge in [-0.2, -0.15) is 0 Å². The molecule has 0 unspecified atom stereocenters. The highest BCUT2D eigenvalue weighted by atomic mass is 16.5. The summed E-state index contributed by atoms with van der Waals surface area (Å²) in [5, 5.41) is 0. The highest BCUT2D eigenvalue weighted by Crippen LogP contribution is 2.23. The van der Waals surface area contributed by atoms with E-state index in [9.17, 15) is 4.79 Å². The number of aryl methyl sites for hydroxylation is 2. The summed E-state index contributed by atoms with van der Waals surface area (Å²) < 4.78 is 10.0. The lowest BCUT2D eigenvalue weighted by Gasteiger charge is -2.16. The smallest absolute Gasteiger partial charge is 0.362 e. The lowest BCUT2D eigenvalue weighted by Crippen LogP contribution is -2.16. The Morgan fingerprint density at radius 2 is 1.88 bits per heavy atom. The van der Waals surface area contributed by atoms with E-state index in [0.717, 1.165) is 37.1 Å². The number of aromatic nitrogens is 2. The molecule has 1 aliphatic carbocycles. The maximum Gasteiger partial charge on any atom is 0.362 e. The number of ether oxygens (including phenoxy) is 2. The highest BCUT2D eigenvalue weighted by Gasteiger charge is 2.22. The number of hydrogen-bond donors (Lipinski definition) is 0. The summed E-state index contributed by atoms with van der Waals surface area (Å²) in [5.74, 6) is -0.200. The minimum atomic E-state index is -0.467. The molecular weight excluding hydrogens is 220 g/mol. The molecule has 1 aliphatic rings. The lowest BCUT2D eigenvalue weighted by molar-refractivity contribution is 0.0513. The first-order valence-corrected chi connectivity index (χ1v) is 5.87. The predicted molar refractivity (Wildman–Crippen MR) is 61.2 cm³/mol. The standard InChI is InChI=1S/C12H16N2O3/c1-3-17-12(15)10-11(16-2)14-9-7-5-4-6-8(9)13-10/h3-7H2,1-2H3. The third-order valence-electron chi connectivity index (χ3n) is 2.76. The normalized spacial score (nSPS) is 14.0. The van der Waals surface area contributed by atoms with E-state index in [-0.39, 0.29) is 11.6 Å². The lowest BCUT2D eigenvalue weighted by atomic mass is 10.0. The van der Waals surface area contributed by atoms with Crippen LogP contribution in [0.5, 0.6) is 5.88 Å². The van der Waals surface area contributed by atoms with Crippen LogP contribution in [0.3, 0.4) is 0 Å². The Morgan fingerprint density at radius 3 is 2.47 bits per heavy atom. The molecule has 2 rings (SSSR count). The van der Waals surface area contributed by atoms with Crippen LogP contribution in [0.25, 0.3) is 0 Å². The van der Waals surface area contributed by atoms with Crippen molar-refractivity contribution in [3.63, 3.8) is 0 Å². The van der Waals surface area contributed by atoms with Gasteiger partial charge >= 0.3 is 5.97 Å². The molecule has 0 bridgehead atoms. The van der Waals surface area contributed by atoms with Crippen LogP contribution in [-0.2, 0) is 17.6 Å². The number of rotatable bonds is 3. The topological polar surface area (TPSA) is 61.3 Å². The van der Waals surface area contributed by atoms with Gasteiger partial charge in [0.25, 0.3) is 0 Å². The summed E-state index contributed by atoms with van der Waals surface area (Å²) in [5.41, 5.74) is 2.04. The molecule has 17 heavy (non-hydrogen) atoms. The second-order valence-electron chi connectivity index (χ2n) is 3.90. The van der Waals surface area contributed by atoms with Gasteiger partial charge in [0.15, 0.2) is 0 Å². The molecule has 0 radical (unpaired) electrons. The minimum absolute atomic E-state index is 0.190. The average molecular weight is 236 g/mol. The third-order valence-corrected chi connectivity index (χ3v) is 2.76. The van der Waals surface area contributed by atoms with Crippen molar-refractivity contribution in [1.82, 2.24) is 9.97 Å². The van der Waals surface area contributed by atoms with E-state index in [1.165, 1.54) is 7.11 Å². The Bertz CT molecular complexity index is 432. The monoisotopic (exact) mass is 236 g/mol. The van der Waals surface area contributed by atoms with E-state index in [1.54, 1.807) is 6.92 Å². The molecule has 0 saturated heterocycles. The highest BCUT2D eigenvalue weighted by molar-refractivity contribution is 5.89. The molecule has 0 saturated carbocycles. The van der Waals surface area contributed by atoms with Crippen LogP contribution in [0.2, 0.25) is 0 Å². The quantitative estimate of drug-likeness (QED) is 0.745. The van der Waals surface area contributed by atoms with E-state index < -0.39 is 5.97 Å². The Kier molecular flexibility index (Phi) is 3.56. The number of carbonyl (C=O) groups excluding carboxylic acids is 1. The van der Waals surface area contributed by atoms with Gasteiger partial charge in [-0.15, -0.1) is 0 Å². The van der Waals surface area contributed by atoms with Gasteiger partial charge in [0.1, 0.15) is 0 Å². The van der Waals surface area contributed by atoms with Gasteiger partial charge in [-0.05, 0) is 32.6 Å². The van der Waals surface area contributed by atoms with Crippen molar-refractivity contribution in [3.05, 3.63) is 17.1 Å². The summed E-state index contributed by atoms with van der Waals surface area (Å²) in [6.07, 6.45) is 3.99. The van der Waals surface area contributed by atoms with Gasteiger partial charge in [0.2, 0.25) is 11.6 Å². The number of methoxy groups -OCH3 is 1. The fraction of sp³-hybridized carbons (Fsp3) is 0.583. The Hall–Kier alpha value is -1.65. The first-order chi connectivity index (χ1) is 8.26. The maximum atomic E-state index is 11.7. The Morgan fingerprint density at radius 1 is 1.24 bits per heavy atom. The predicted octanol–water partition coefficient (Wildman–Crippen LogP) is 1.54. The zero-order chi connectivity index (χ0) is 12.3. The summed E-state index contributed by atoms with van der Waals surface area (Å²) in [6.45, 7) is 2.08. The molecule has 0 amide bonds. The molecule has 1 aromatic heterocycles. The first-order valence-electron chi connectivity index (χ1n) is 5.87. The van der Waals surface area contributed by atoms with Crippen LogP contribution in [0.15, 0.2) is 0 Å². The van der Waals surface area contributed by atoms with Crippen molar-refractivity contribution in [1.29, 1.82) is 0 Å². The molecule has 1 heterocycles. The molecule has 0 aromatic carbocycles. The van der Waals surface area contributed by atoms with Crippen molar-refractivity contribution in [2.45, 2.75) is 32.6 Å². The van der Waals surface area contributed by atoms with Crippen molar-refractivity contribution in [3.8, 4) is 5.88 Å². The number of nitrogens with zero attached hydrogens (tertiary/aromatic N) is 2. The van der Waals surface area contributed by atoms with Crippen molar-refractivity contribution < 1.29 is 14.3 Å². The van der Waals surface area contributed by atoms with Crippen LogP contribution in [0.1, 0.15) is 41.6 Å². The molecule has 5 heteroatoms. The van der Waals surface area contributed by atoms with Gasteiger partial charge in [0.05, 0.1) is 25.1 Å². The van der Waals surface area contributed by atoms with E-state index in [4.69, 9.17) is 9.47 Å². The second-order valence-corrected chi connectivity index (χ2v) is 3.90. The van der Waals surface area contributed by atoms with E-state index in [2.05, 4.69) is 9.97 Å². The Labute approximate surface area is 100 Å². The molecule has 0 atom stereocenters. The third kappa shape index (κ3) is 2.38. The van der Waals surface area contributed by atoms with Crippen LogP contribution in [0, 0.1) is 0 Å². The van der Waals surface area contributed by atoms with Crippen LogP contribution in [0.4, 0.5) is 0 Å². The van der Waals surface area contributed by atoms with Crippen LogP contribution < -0.4 is 4.74 Å². The molecular formula is C12H16N2O3. The van der Waals surface area contributed by atoms with Gasteiger partial charge < -0.3 is 9.47 Å². The van der Waals surface area contributed by atoms with Crippen LogP contribution in [-0.4, -0.2) is 29.7 Å². The molecule has 0 spiro atoms. The minimum Gasteiger partial charge on any atom is -0.479 e. The maximum absolute atomic E-state index is 11.7. The molecule has 0 fully saturated rings. The molecule has 0 aliphatic heterocycles. The summed E-state index contributed by atoms with van der Waals surface area (Å²) in [4.78, 5) is 20.4. The summed E-state index contributed by atoms with van der Waals surface area (Å²) in [7, 11) is 1.49. The largest absolute Gasteiger partial charge is 0.479 e. The van der Waals surface area contributed by atoms with E-state index in [1.807, 2.05) is 0 Å². The van der Waals surface area contributed by atoms with E-state index in [0.29, 0.717) is 6.61 Å². The number of esters is 1. The number of fused-ring (bicyclic) bond motifs is 1. The molecule has 92 valence electrons. The van der Waals surface area contributed by atoms with Crippen LogP contribution >= 0.6 is 0 Å². The van der Waals surface area contributed by atoms with Gasteiger partial charge in [-0.25, -0.2) is 14.8 Å². The fourth-order valence-corrected chi connectivity index (χ4v) is 1.95.